The number of hydrogen-bond donors (Lipinski definition) is 1. The van der Waals surface area contributed by atoms with Crippen molar-refractivity contribution in [2.45, 2.75) is 38.6 Å². The maximum absolute atomic E-state index is 13.0. The normalized spacial score (nSPS) is 21.5. The first-order chi connectivity index (χ1) is 10.6. The first kappa shape index (κ1) is 14.8. The average molecular weight is 301 g/mol. The fraction of sp³-hybridized carbons (Fsp3) is 0.412. The van der Waals surface area contributed by atoms with Crippen LogP contribution in [-0.4, -0.2) is 21.5 Å². The molecule has 22 heavy (non-hydrogen) atoms. The predicted molar refractivity (Wildman–Crippen MR) is 82.4 cm³/mol. The largest absolute Gasteiger partial charge is 0.348 e. The molecule has 1 aromatic carbocycles. The maximum Gasteiger partial charge on any atom is 0.270 e. The molecule has 0 radical (unpaired) electrons. The molecule has 1 fully saturated rings. The van der Waals surface area contributed by atoms with Gasteiger partial charge in [0.2, 0.25) is 0 Å². The van der Waals surface area contributed by atoms with Gasteiger partial charge in [-0.15, -0.1) is 0 Å². The number of amides is 1. The molecular weight excluding hydrogens is 281 g/mol. The monoisotopic (exact) mass is 301 g/mol. The molecule has 1 aliphatic rings. The summed E-state index contributed by atoms with van der Waals surface area (Å²) in [4.78, 5) is 16.5. The molecular formula is C17H20FN3O. The van der Waals surface area contributed by atoms with Gasteiger partial charge in [0.25, 0.3) is 5.91 Å². The van der Waals surface area contributed by atoms with E-state index in [9.17, 15) is 9.18 Å². The fourth-order valence-electron chi connectivity index (χ4n) is 2.93. The second-order valence-corrected chi connectivity index (χ2v) is 6.06. The van der Waals surface area contributed by atoms with Gasteiger partial charge in [0.1, 0.15) is 11.5 Å². The van der Waals surface area contributed by atoms with Crippen molar-refractivity contribution in [1.29, 1.82) is 0 Å². The highest BCUT2D eigenvalue weighted by Gasteiger charge is 2.22. The topological polar surface area (TPSA) is 46.9 Å². The predicted octanol–water partition coefficient (Wildman–Crippen LogP) is 3.32. The first-order valence-electron chi connectivity index (χ1n) is 7.72. The highest BCUT2D eigenvalue weighted by Crippen LogP contribution is 2.23. The van der Waals surface area contributed by atoms with Crippen LogP contribution in [0.4, 0.5) is 4.39 Å². The Morgan fingerprint density at radius 1 is 1.23 bits per heavy atom. The third-order valence-corrected chi connectivity index (χ3v) is 4.33. The molecule has 0 atom stereocenters. The van der Waals surface area contributed by atoms with Crippen LogP contribution in [0.1, 0.15) is 43.1 Å². The lowest BCUT2D eigenvalue weighted by Crippen LogP contribution is -2.38. The van der Waals surface area contributed by atoms with Gasteiger partial charge >= 0.3 is 0 Å². The number of carbonyl (C=O) groups is 1. The molecule has 116 valence electrons. The summed E-state index contributed by atoms with van der Waals surface area (Å²) in [5.74, 6) is 0.325. The van der Waals surface area contributed by atoms with Crippen molar-refractivity contribution in [3.63, 3.8) is 0 Å². The van der Waals surface area contributed by atoms with Crippen LogP contribution in [0.3, 0.4) is 0 Å². The summed E-state index contributed by atoms with van der Waals surface area (Å²) < 4.78 is 14.7. The minimum Gasteiger partial charge on any atom is -0.348 e. The van der Waals surface area contributed by atoms with Crippen LogP contribution < -0.4 is 5.32 Å². The van der Waals surface area contributed by atoms with Gasteiger partial charge in [0.05, 0.1) is 12.5 Å². The van der Waals surface area contributed by atoms with E-state index >= 15 is 0 Å². The van der Waals surface area contributed by atoms with Crippen LogP contribution in [0, 0.1) is 11.7 Å². The fourth-order valence-corrected chi connectivity index (χ4v) is 2.93. The van der Waals surface area contributed by atoms with Crippen molar-refractivity contribution >= 4 is 5.91 Å². The molecule has 0 saturated heterocycles. The summed E-state index contributed by atoms with van der Waals surface area (Å²) in [6.45, 7) is 2.25. The Bertz CT molecular complexity index is 642. The molecule has 0 unspecified atom stereocenters. The zero-order valence-electron chi connectivity index (χ0n) is 12.6. The van der Waals surface area contributed by atoms with E-state index in [1.165, 1.54) is 12.1 Å². The van der Waals surface area contributed by atoms with Gasteiger partial charge in [0, 0.05) is 11.7 Å². The van der Waals surface area contributed by atoms with Gasteiger partial charge < -0.3 is 5.32 Å². The number of imidazole rings is 1. The number of rotatable bonds is 3. The van der Waals surface area contributed by atoms with Gasteiger partial charge in [-0.3, -0.25) is 9.36 Å². The van der Waals surface area contributed by atoms with Crippen molar-refractivity contribution in [1.82, 2.24) is 14.9 Å². The van der Waals surface area contributed by atoms with E-state index in [0.717, 1.165) is 37.3 Å². The Hall–Kier alpha value is -2.17. The summed E-state index contributed by atoms with van der Waals surface area (Å²) in [5.41, 5.74) is 1.20. The molecule has 2 aromatic rings. The Kier molecular flexibility index (Phi) is 4.22. The van der Waals surface area contributed by atoms with Gasteiger partial charge in [-0.05, 0) is 55.9 Å². The third kappa shape index (κ3) is 3.18. The summed E-state index contributed by atoms with van der Waals surface area (Å²) >= 11 is 0. The van der Waals surface area contributed by atoms with E-state index in [4.69, 9.17) is 0 Å². The number of aromatic nitrogens is 2. The van der Waals surface area contributed by atoms with E-state index in [-0.39, 0.29) is 17.8 Å². The van der Waals surface area contributed by atoms with E-state index in [1.54, 1.807) is 29.2 Å². The lowest BCUT2D eigenvalue weighted by molar-refractivity contribution is 0.0916. The quantitative estimate of drug-likeness (QED) is 0.945. The maximum atomic E-state index is 13.0. The number of nitrogens with zero attached hydrogens (tertiary/aromatic N) is 2. The molecule has 5 heteroatoms. The van der Waals surface area contributed by atoms with Gasteiger partial charge in [-0.2, -0.15) is 0 Å². The van der Waals surface area contributed by atoms with Gasteiger partial charge in [-0.25, -0.2) is 9.37 Å². The third-order valence-electron chi connectivity index (χ3n) is 4.33. The summed E-state index contributed by atoms with van der Waals surface area (Å²) in [5, 5.41) is 3.09. The van der Waals surface area contributed by atoms with Crippen molar-refractivity contribution < 1.29 is 9.18 Å². The molecule has 4 nitrogen and oxygen atoms in total. The standard InChI is InChI=1S/C17H20FN3O/c1-12-2-6-14(7-3-12)20-17(22)16-10-19-11-21(16)15-8-4-13(18)5-9-15/h4-5,8-12,14H,2-3,6-7H2,1H3,(H,20,22). The Labute approximate surface area is 129 Å². The first-order valence-corrected chi connectivity index (χ1v) is 7.72. The summed E-state index contributed by atoms with van der Waals surface area (Å²) in [7, 11) is 0. The Morgan fingerprint density at radius 3 is 2.59 bits per heavy atom. The van der Waals surface area contributed by atoms with Gasteiger partial charge in [0.15, 0.2) is 0 Å². The van der Waals surface area contributed by atoms with Crippen molar-refractivity contribution in [2.75, 3.05) is 0 Å². The molecule has 1 saturated carbocycles. The van der Waals surface area contributed by atoms with Crippen molar-refractivity contribution in [3.05, 3.63) is 48.3 Å². The highest BCUT2D eigenvalue weighted by atomic mass is 19.1. The molecule has 3 rings (SSSR count). The molecule has 1 heterocycles. The van der Waals surface area contributed by atoms with E-state index in [0.29, 0.717) is 5.69 Å². The van der Waals surface area contributed by atoms with Gasteiger partial charge in [-0.1, -0.05) is 6.92 Å². The second kappa shape index (κ2) is 6.30. The van der Waals surface area contributed by atoms with E-state index in [2.05, 4.69) is 17.2 Å². The zero-order valence-corrected chi connectivity index (χ0v) is 12.6. The van der Waals surface area contributed by atoms with E-state index < -0.39 is 0 Å². The number of nitrogens with one attached hydrogen (secondary N) is 1. The summed E-state index contributed by atoms with van der Waals surface area (Å²) in [6, 6.07) is 6.26. The highest BCUT2D eigenvalue weighted by molar-refractivity contribution is 5.93. The molecule has 0 aliphatic heterocycles. The Morgan fingerprint density at radius 2 is 1.91 bits per heavy atom. The minimum absolute atomic E-state index is 0.124. The molecule has 0 bridgehead atoms. The van der Waals surface area contributed by atoms with Crippen LogP contribution in [0.5, 0.6) is 0 Å². The minimum atomic E-state index is -0.300. The SMILES string of the molecule is CC1CCC(NC(=O)c2cncn2-c2ccc(F)cc2)CC1. The van der Waals surface area contributed by atoms with Crippen molar-refractivity contribution in [2.24, 2.45) is 5.92 Å². The lowest BCUT2D eigenvalue weighted by atomic mass is 9.87. The number of benzene rings is 1. The average Bonchev–Trinajstić information content (AvgIpc) is 3.00. The van der Waals surface area contributed by atoms with Crippen LogP contribution in [0.2, 0.25) is 0 Å². The second-order valence-electron chi connectivity index (χ2n) is 6.06. The molecule has 0 spiro atoms. The van der Waals surface area contributed by atoms with Crippen LogP contribution in [0.25, 0.3) is 5.69 Å². The van der Waals surface area contributed by atoms with Crippen LogP contribution in [0.15, 0.2) is 36.8 Å². The van der Waals surface area contributed by atoms with Crippen LogP contribution >= 0.6 is 0 Å². The van der Waals surface area contributed by atoms with Crippen LogP contribution in [-0.2, 0) is 0 Å². The summed E-state index contributed by atoms with van der Waals surface area (Å²) in [6.07, 6.45) is 7.48. The smallest absolute Gasteiger partial charge is 0.270 e. The number of halogens is 1. The Balaban J connectivity index is 1.74. The number of hydrogen-bond acceptors (Lipinski definition) is 2. The zero-order chi connectivity index (χ0) is 15.5. The molecule has 1 aromatic heterocycles. The van der Waals surface area contributed by atoms with Crippen molar-refractivity contribution in [3.8, 4) is 5.69 Å². The number of carbonyl (C=O) groups excluding carboxylic acids is 1. The molecule has 1 aliphatic carbocycles. The molecule has 1 N–H and O–H groups in total. The lowest BCUT2D eigenvalue weighted by Gasteiger charge is -2.26. The molecule has 1 amide bonds. The van der Waals surface area contributed by atoms with E-state index in [1.807, 2.05) is 0 Å².